The molecule has 0 amide bonds. The van der Waals surface area contributed by atoms with E-state index in [-0.39, 0.29) is 22.4 Å². The summed E-state index contributed by atoms with van der Waals surface area (Å²) in [5.74, 6) is -1.71. The fraction of sp³-hybridized carbons (Fsp3) is 0. The van der Waals surface area contributed by atoms with Gasteiger partial charge in [0.25, 0.3) is 0 Å². The number of hydrogen-bond acceptors (Lipinski definition) is 0. The molecule has 3 rings (SSSR count). The van der Waals surface area contributed by atoms with E-state index >= 15 is 0 Å². The Labute approximate surface area is 150 Å². The largest absolute Gasteiger partial charge is 0.181 e. The minimum absolute atomic E-state index is 0. The van der Waals surface area contributed by atoms with Crippen molar-refractivity contribution in [1.29, 1.82) is 0 Å². The molecule has 3 heteroatoms. The van der Waals surface area contributed by atoms with Crippen molar-refractivity contribution in [2.24, 2.45) is 0 Å². The minimum atomic E-state index is -1.71. The SMILES string of the molecule is Br[P+](c1ccccc1)(c1ccccc1)c1ccccc1.[Ag]. The summed E-state index contributed by atoms with van der Waals surface area (Å²) < 4.78 is 0. The van der Waals surface area contributed by atoms with Crippen LogP contribution in [0.4, 0.5) is 0 Å². The molecule has 3 aromatic carbocycles. The van der Waals surface area contributed by atoms with Crippen LogP contribution in [0.15, 0.2) is 91.0 Å². The molecular formula is C18H15AgBrP+. The molecule has 109 valence electrons. The van der Waals surface area contributed by atoms with Gasteiger partial charge in [-0.2, -0.15) is 0 Å². The second-order valence-electron chi connectivity index (χ2n) is 4.60. The second kappa shape index (κ2) is 7.54. The number of hydrogen-bond donors (Lipinski definition) is 0. The first-order valence-electron chi connectivity index (χ1n) is 6.57. The van der Waals surface area contributed by atoms with Crippen LogP contribution in [0.5, 0.6) is 0 Å². The first kappa shape index (κ1) is 16.7. The molecule has 0 aliphatic carbocycles. The van der Waals surface area contributed by atoms with E-state index in [9.17, 15) is 0 Å². The Morgan fingerprint density at radius 1 is 0.476 bits per heavy atom. The van der Waals surface area contributed by atoms with Crippen molar-refractivity contribution in [2.45, 2.75) is 0 Å². The van der Waals surface area contributed by atoms with Gasteiger partial charge in [-0.15, -0.1) is 0 Å². The van der Waals surface area contributed by atoms with Gasteiger partial charge in [-0.05, 0) is 36.4 Å². The van der Waals surface area contributed by atoms with Crippen molar-refractivity contribution in [3.05, 3.63) is 91.0 Å². The predicted octanol–water partition coefficient (Wildman–Crippen LogP) is 4.29. The summed E-state index contributed by atoms with van der Waals surface area (Å²) in [4.78, 5) is 0. The normalized spacial score (nSPS) is 10.7. The van der Waals surface area contributed by atoms with Gasteiger partial charge in [0.1, 0.15) is 15.9 Å². The van der Waals surface area contributed by atoms with Crippen molar-refractivity contribution in [2.75, 3.05) is 0 Å². The smallest absolute Gasteiger partial charge is 0.0620 e. The number of benzene rings is 3. The van der Waals surface area contributed by atoms with Crippen LogP contribution in [0.1, 0.15) is 0 Å². The zero-order valence-electron chi connectivity index (χ0n) is 11.3. The zero-order chi connectivity index (χ0) is 13.8. The Hall–Kier alpha value is -0.690. The molecule has 21 heavy (non-hydrogen) atoms. The fourth-order valence-electron chi connectivity index (χ4n) is 2.35. The van der Waals surface area contributed by atoms with Crippen molar-refractivity contribution in [3.63, 3.8) is 0 Å². The average Bonchev–Trinajstić information content (AvgIpc) is 2.56. The summed E-state index contributed by atoms with van der Waals surface area (Å²) >= 11 is 4.12. The van der Waals surface area contributed by atoms with Gasteiger partial charge < -0.3 is 0 Å². The molecule has 0 heterocycles. The Balaban J connectivity index is 0.00000161. The van der Waals surface area contributed by atoms with E-state index in [0.717, 1.165) is 0 Å². The molecule has 0 unspecified atom stereocenters. The molecule has 0 bridgehead atoms. The maximum atomic E-state index is 4.12. The summed E-state index contributed by atoms with van der Waals surface area (Å²) in [7, 11) is 0. The maximum absolute atomic E-state index is 4.12. The summed E-state index contributed by atoms with van der Waals surface area (Å²) in [6, 6.07) is 32.1. The fourth-order valence-corrected chi connectivity index (χ4v) is 7.12. The molecule has 0 spiro atoms. The quantitative estimate of drug-likeness (QED) is 0.413. The molecule has 0 atom stereocenters. The second-order valence-corrected chi connectivity index (χ2v) is 10.5. The molecule has 0 nitrogen and oxygen atoms in total. The third kappa shape index (κ3) is 3.39. The molecule has 0 aliphatic heterocycles. The summed E-state index contributed by atoms with van der Waals surface area (Å²) in [6.07, 6.45) is 0. The van der Waals surface area contributed by atoms with Crippen LogP contribution >= 0.6 is 21.5 Å². The Bertz CT molecular complexity index is 575. The van der Waals surface area contributed by atoms with Crippen LogP contribution in [0.25, 0.3) is 0 Å². The van der Waals surface area contributed by atoms with E-state index in [2.05, 4.69) is 106 Å². The molecule has 0 aliphatic rings. The third-order valence-corrected chi connectivity index (χ3v) is 10.1. The van der Waals surface area contributed by atoms with Crippen LogP contribution in [-0.4, -0.2) is 0 Å². The van der Waals surface area contributed by atoms with Crippen LogP contribution < -0.4 is 15.9 Å². The van der Waals surface area contributed by atoms with Gasteiger partial charge in [-0.3, -0.25) is 0 Å². The molecule has 0 saturated heterocycles. The Morgan fingerprint density at radius 2 is 0.714 bits per heavy atom. The summed E-state index contributed by atoms with van der Waals surface area (Å²) in [5, 5.41) is 4.03. The zero-order valence-corrected chi connectivity index (χ0v) is 15.2. The Kier molecular flexibility index (Phi) is 5.98. The van der Waals surface area contributed by atoms with E-state index in [1.807, 2.05) is 0 Å². The van der Waals surface area contributed by atoms with Crippen molar-refractivity contribution in [1.82, 2.24) is 0 Å². The van der Waals surface area contributed by atoms with Crippen LogP contribution in [0, 0.1) is 0 Å². The van der Waals surface area contributed by atoms with Crippen molar-refractivity contribution in [3.8, 4) is 0 Å². The van der Waals surface area contributed by atoms with Gasteiger partial charge in [0, 0.05) is 22.4 Å². The molecule has 0 N–H and O–H groups in total. The van der Waals surface area contributed by atoms with Gasteiger partial charge in [-0.25, -0.2) is 0 Å². The number of halogens is 1. The van der Waals surface area contributed by atoms with E-state index in [4.69, 9.17) is 0 Å². The average molecular weight is 450 g/mol. The molecule has 1 radical (unpaired) electrons. The van der Waals surface area contributed by atoms with Crippen LogP contribution in [-0.2, 0) is 22.4 Å². The van der Waals surface area contributed by atoms with E-state index in [0.29, 0.717) is 0 Å². The predicted molar refractivity (Wildman–Crippen MR) is 94.1 cm³/mol. The van der Waals surface area contributed by atoms with E-state index in [1.54, 1.807) is 0 Å². The standard InChI is InChI=1S/C18H15BrP.Ag/c19-20(16-10-4-1-5-11-16,17-12-6-2-7-13-17)18-14-8-3-9-15-18;/h1-15H;/q+1;. The first-order valence-corrected chi connectivity index (χ1v) is 10.4. The molecule has 0 fully saturated rings. The van der Waals surface area contributed by atoms with Gasteiger partial charge in [-0.1, -0.05) is 54.6 Å². The van der Waals surface area contributed by atoms with E-state index in [1.165, 1.54) is 15.9 Å². The first-order chi connectivity index (χ1) is 9.82. The minimum Gasteiger partial charge on any atom is -0.0620 e. The summed E-state index contributed by atoms with van der Waals surface area (Å²) in [5.41, 5.74) is 0. The van der Waals surface area contributed by atoms with Crippen LogP contribution in [0.3, 0.4) is 0 Å². The van der Waals surface area contributed by atoms with Crippen molar-refractivity contribution < 1.29 is 22.4 Å². The number of rotatable bonds is 3. The van der Waals surface area contributed by atoms with Gasteiger partial charge in [0.2, 0.25) is 0 Å². The maximum Gasteiger partial charge on any atom is 0.181 e. The monoisotopic (exact) mass is 448 g/mol. The van der Waals surface area contributed by atoms with Crippen LogP contribution in [0.2, 0.25) is 0 Å². The Morgan fingerprint density at radius 3 is 0.952 bits per heavy atom. The van der Waals surface area contributed by atoms with Crippen molar-refractivity contribution >= 4 is 37.4 Å². The summed E-state index contributed by atoms with van der Waals surface area (Å²) in [6.45, 7) is 0. The van der Waals surface area contributed by atoms with Gasteiger partial charge in [0.15, 0.2) is 21.5 Å². The topological polar surface area (TPSA) is 0 Å². The third-order valence-electron chi connectivity index (χ3n) is 3.34. The molecule has 3 aromatic rings. The molecule has 0 saturated carbocycles. The van der Waals surface area contributed by atoms with E-state index < -0.39 is 5.96 Å². The van der Waals surface area contributed by atoms with Gasteiger partial charge in [0.05, 0.1) is 0 Å². The molecule has 0 aromatic heterocycles. The molecular weight excluding hydrogens is 435 g/mol. The van der Waals surface area contributed by atoms with Gasteiger partial charge >= 0.3 is 0 Å².